The quantitative estimate of drug-likeness (QED) is 0.733. The zero-order valence-corrected chi connectivity index (χ0v) is 10.2. The minimum Gasteiger partial charge on any atom is -0.368 e. The summed E-state index contributed by atoms with van der Waals surface area (Å²) in [4.78, 5) is 15.3. The minimum atomic E-state index is 0.247. The number of nitrogens with zero attached hydrogens (tertiary/aromatic N) is 3. The third kappa shape index (κ3) is 2.46. The van der Waals surface area contributed by atoms with Crippen molar-refractivity contribution >= 4 is 22.9 Å². The molecule has 2 aromatic rings. The van der Waals surface area contributed by atoms with Crippen molar-refractivity contribution in [2.75, 3.05) is 17.6 Å². The van der Waals surface area contributed by atoms with Gasteiger partial charge >= 0.3 is 0 Å². The summed E-state index contributed by atoms with van der Waals surface area (Å²) in [6, 6.07) is 0. The molecule has 6 heteroatoms. The van der Waals surface area contributed by atoms with Gasteiger partial charge in [0, 0.05) is 6.54 Å². The summed E-state index contributed by atoms with van der Waals surface area (Å²) in [6.45, 7) is 5.27. The number of nitrogens with two attached hydrogens (primary N) is 1. The fraction of sp³-hybridized carbons (Fsp3) is 0.545. The van der Waals surface area contributed by atoms with Crippen LogP contribution in [0.5, 0.6) is 0 Å². The molecule has 0 amide bonds. The summed E-state index contributed by atoms with van der Waals surface area (Å²) >= 11 is 0. The maximum absolute atomic E-state index is 5.64. The standard InChI is InChI=1S/C11H18N6/c1-3-7(4-2)5-13-9-8-10(15-6-14-8)17-11(12)16-9/h6-7H,3-5H2,1-2H3,(H4,12,13,14,15,16,17). The molecule has 0 saturated carbocycles. The van der Waals surface area contributed by atoms with Crippen molar-refractivity contribution in [3.05, 3.63) is 6.33 Å². The zero-order chi connectivity index (χ0) is 12.3. The number of aromatic amines is 1. The summed E-state index contributed by atoms with van der Waals surface area (Å²) in [5.41, 5.74) is 7.05. The van der Waals surface area contributed by atoms with Gasteiger partial charge in [-0.1, -0.05) is 26.7 Å². The molecule has 0 bridgehead atoms. The SMILES string of the molecule is CCC(CC)CNc1nc(N)nc2nc[nH]c12. The van der Waals surface area contributed by atoms with Gasteiger partial charge < -0.3 is 16.0 Å². The number of hydrogen-bond donors (Lipinski definition) is 3. The zero-order valence-electron chi connectivity index (χ0n) is 10.2. The Morgan fingerprint density at radius 3 is 2.82 bits per heavy atom. The summed E-state index contributed by atoms with van der Waals surface area (Å²) in [6.07, 6.45) is 3.90. The lowest BCUT2D eigenvalue weighted by molar-refractivity contribution is 0.518. The van der Waals surface area contributed by atoms with Crippen LogP contribution in [0.25, 0.3) is 11.2 Å². The summed E-state index contributed by atoms with van der Waals surface area (Å²) in [7, 11) is 0. The van der Waals surface area contributed by atoms with Crippen LogP contribution < -0.4 is 11.1 Å². The van der Waals surface area contributed by atoms with Crippen molar-refractivity contribution < 1.29 is 0 Å². The molecule has 0 atom stereocenters. The molecule has 6 nitrogen and oxygen atoms in total. The lowest BCUT2D eigenvalue weighted by atomic mass is 10.0. The molecule has 0 aromatic carbocycles. The van der Waals surface area contributed by atoms with Gasteiger partial charge in [0.15, 0.2) is 11.5 Å². The van der Waals surface area contributed by atoms with E-state index in [2.05, 4.69) is 39.1 Å². The van der Waals surface area contributed by atoms with Crippen LogP contribution in [-0.4, -0.2) is 26.5 Å². The Labute approximate surface area is 100 Å². The van der Waals surface area contributed by atoms with Crippen LogP contribution in [0, 0.1) is 5.92 Å². The van der Waals surface area contributed by atoms with Gasteiger partial charge in [-0.25, -0.2) is 4.98 Å². The number of anilines is 2. The minimum absolute atomic E-state index is 0.247. The van der Waals surface area contributed by atoms with E-state index in [0.717, 1.165) is 30.7 Å². The van der Waals surface area contributed by atoms with E-state index < -0.39 is 0 Å². The molecule has 17 heavy (non-hydrogen) atoms. The molecule has 2 aromatic heterocycles. The normalized spacial score (nSPS) is 11.2. The fourth-order valence-electron chi connectivity index (χ4n) is 1.80. The molecule has 0 saturated heterocycles. The van der Waals surface area contributed by atoms with Crippen molar-refractivity contribution in [2.45, 2.75) is 26.7 Å². The second-order valence-corrected chi connectivity index (χ2v) is 4.09. The van der Waals surface area contributed by atoms with E-state index in [1.807, 2.05) is 0 Å². The smallest absolute Gasteiger partial charge is 0.224 e. The molecule has 0 spiro atoms. The van der Waals surface area contributed by atoms with Crippen molar-refractivity contribution in [3.8, 4) is 0 Å². The number of nitrogens with one attached hydrogen (secondary N) is 2. The average molecular weight is 234 g/mol. The second-order valence-electron chi connectivity index (χ2n) is 4.09. The van der Waals surface area contributed by atoms with E-state index >= 15 is 0 Å². The van der Waals surface area contributed by atoms with Crippen LogP contribution in [0.15, 0.2) is 6.33 Å². The molecule has 2 heterocycles. The molecular weight excluding hydrogens is 216 g/mol. The maximum Gasteiger partial charge on any atom is 0.224 e. The van der Waals surface area contributed by atoms with E-state index in [4.69, 9.17) is 5.73 Å². The van der Waals surface area contributed by atoms with Gasteiger partial charge in [-0.05, 0) is 5.92 Å². The Balaban J connectivity index is 2.20. The lowest BCUT2D eigenvalue weighted by Crippen LogP contribution is -2.14. The Morgan fingerprint density at radius 2 is 2.12 bits per heavy atom. The van der Waals surface area contributed by atoms with Gasteiger partial charge in [0.2, 0.25) is 5.95 Å². The topological polar surface area (TPSA) is 92.5 Å². The van der Waals surface area contributed by atoms with Crippen LogP contribution in [-0.2, 0) is 0 Å². The molecule has 2 rings (SSSR count). The van der Waals surface area contributed by atoms with E-state index in [-0.39, 0.29) is 5.95 Å². The Morgan fingerprint density at radius 1 is 1.35 bits per heavy atom. The highest BCUT2D eigenvalue weighted by atomic mass is 15.1. The third-order valence-electron chi connectivity index (χ3n) is 3.02. The molecule has 0 unspecified atom stereocenters. The number of rotatable bonds is 5. The van der Waals surface area contributed by atoms with Gasteiger partial charge in [0.25, 0.3) is 0 Å². The van der Waals surface area contributed by atoms with Gasteiger partial charge in [-0.15, -0.1) is 0 Å². The largest absolute Gasteiger partial charge is 0.368 e. The molecule has 0 aliphatic carbocycles. The van der Waals surface area contributed by atoms with Crippen molar-refractivity contribution in [1.82, 2.24) is 19.9 Å². The van der Waals surface area contributed by atoms with Crippen molar-refractivity contribution in [2.24, 2.45) is 5.92 Å². The van der Waals surface area contributed by atoms with E-state index in [0.29, 0.717) is 11.6 Å². The number of fused-ring (bicyclic) bond motifs is 1. The molecule has 0 aliphatic heterocycles. The number of nitrogen functional groups attached to an aromatic ring is 1. The van der Waals surface area contributed by atoms with E-state index in [1.54, 1.807) is 6.33 Å². The van der Waals surface area contributed by atoms with Gasteiger partial charge in [-0.3, -0.25) is 0 Å². The van der Waals surface area contributed by atoms with E-state index in [1.165, 1.54) is 0 Å². The average Bonchev–Trinajstić information content (AvgIpc) is 2.78. The Kier molecular flexibility index (Phi) is 3.41. The highest BCUT2D eigenvalue weighted by molar-refractivity contribution is 5.83. The van der Waals surface area contributed by atoms with Crippen molar-refractivity contribution in [3.63, 3.8) is 0 Å². The van der Waals surface area contributed by atoms with Crippen LogP contribution in [0.4, 0.5) is 11.8 Å². The summed E-state index contributed by atoms with van der Waals surface area (Å²) in [5.74, 6) is 1.62. The fourth-order valence-corrected chi connectivity index (χ4v) is 1.80. The molecular formula is C11H18N6. The first-order chi connectivity index (χ1) is 8.24. The molecule has 0 aliphatic rings. The Bertz CT molecular complexity index is 488. The van der Waals surface area contributed by atoms with Gasteiger partial charge in [-0.2, -0.15) is 9.97 Å². The second kappa shape index (κ2) is 4.99. The summed E-state index contributed by atoms with van der Waals surface area (Å²) in [5, 5.41) is 3.31. The van der Waals surface area contributed by atoms with Crippen LogP contribution in [0.3, 0.4) is 0 Å². The lowest BCUT2D eigenvalue weighted by Gasteiger charge is -2.14. The van der Waals surface area contributed by atoms with E-state index in [9.17, 15) is 0 Å². The van der Waals surface area contributed by atoms with Crippen LogP contribution in [0.1, 0.15) is 26.7 Å². The Hall–Kier alpha value is -1.85. The predicted molar refractivity (Wildman–Crippen MR) is 68.7 cm³/mol. The van der Waals surface area contributed by atoms with Crippen molar-refractivity contribution in [1.29, 1.82) is 0 Å². The molecule has 4 N–H and O–H groups in total. The monoisotopic (exact) mass is 234 g/mol. The molecule has 92 valence electrons. The first-order valence-corrected chi connectivity index (χ1v) is 5.95. The summed E-state index contributed by atoms with van der Waals surface area (Å²) < 4.78 is 0. The number of imidazole rings is 1. The molecule has 0 radical (unpaired) electrons. The predicted octanol–water partition coefficient (Wildman–Crippen LogP) is 1.78. The van der Waals surface area contributed by atoms with Crippen LogP contribution >= 0.6 is 0 Å². The number of H-pyrrole nitrogens is 1. The third-order valence-corrected chi connectivity index (χ3v) is 3.02. The highest BCUT2D eigenvalue weighted by Crippen LogP contribution is 2.18. The highest BCUT2D eigenvalue weighted by Gasteiger charge is 2.09. The maximum atomic E-state index is 5.64. The first kappa shape index (κ1) is 11.6. The number of hydrogen-bond acceptors (Lipinski definition) is 5. The van der Waals surface area contributed by atoms with Gasteiger partial charge in [0.05, 0.1) is 6.33 Å². The van der Waals surface area contributed by atoms with Crippen LogP contribution in [0.2, 0.25) is 0 Å². The molecule has 0 fully saturated rings. The first-order valence-electron chi connectivity index (χ1n) is 5.95. The number of aromatic nitrogens is 4. The van der Waals surface area contributed by atoms with Gasteiger partial charge in [0.1, 0.15) is 5.52 Å².